The first-order chi connectivity index (χ1) is 13.6. The first kappa shape index (κ1) is 22.8. The van der Waals surface area contributed by atoms with Crippen LogP contribution in [0.4, 0.5) is 5.69 Å². The van der Waals surface area contributed by atoms with Gasteiger partial charge in [-0.05, 0) is 49.7 Å². The highest BCUT2D eigenvalue weighted by Crippen LogP contribution is 2.29. The van der Waals surface area contributed by atoms with Crippen LogP contribution in [0.25, 0.3) is 0 Å². The first-order valence-electron chi connectivity index (χ1n) is 8.82. The number of anilines is 1. The molecule has 0 saturated heterocycles. The number of ether oxygens (including phenoxy) is 2. The van der Waals surface area contributed by atoms with Crippen LogP contribution in [0.5, 0.6) is 11.5 Å². The normalized spacial score (nSPS) is 12.2. The second kappa shape index (κ2) is 9.37. The zero-order chi connectivity index (χ0) is 21.8. The summed E-state index contributed by atoms with van der Waals surface area (Å²) >= 11 is 6.12. The van der Waals surface area contributed by atoms with Crippen molar-refractivity contribution in [3.05, 3.63) is 52.5 Å². The zero-order valence-corrected chi connectivity index (χ0v) is 18.6. The summed E-state index contributed by atoms with van der Waals surface area (Å²) < 4.78 is 36.1. The Kier molecular flexibility index (Phi) is 7.37. The molecule has 2 rings (SSSR count). The van der Waals surface area contributed by atoms with Crippen molar-refractivity contribution in [3.8, 4) is 11.5 Å². The van der Waals surface area contributed by atoms with Gasteiger partial charge in [0.05, 0.1) is 32.2 Å². The minimum absolute atomic E-state index is 0.324. The maximum atomic E-state index is 12.6. The number of sulfonamides is 1. The molecule has 0 fully saturated rings. The van der Waals surface area contributed by atoms with E-state index in [0.717, 1.165) is 16.1 Å². The molecule has 0 spiro atoms. The number of carbonyl (C=O) groups is 1. The van der Waals surface area contributed by atoms with E-state index >= 15 is 0 Å². The number of aryl methyl sites for hydroxylation is 1. The Labute approximate surface area is 176 Å². The molecule has 1 amide bonds. The monoisotopic (exact) mass is 440 g/mol. The molecule has 0 aliphatic carbocycles. The van der Waals surface area contributed by atoms with Crippen molar-refractivity contribution in [2.24, 2.45) is 0 Å². The van der Waals surface area contributed by atoms with Gasteiger partial charge in [-0.3, -0.25) is 9.10 Å². The van der Waals surface area contributed by atoms with Crippen molar-refractivity contribution in [1.29, 1.82) is 0 Å². The average molecular weight is 441 g/mol. The SMILES string of the molecule is COc1ccc(OC)c([C@@H](C)NC(=O)CN(c2ccc(C)c(Cl)c2)S(C)(=O)=O)c1. The van der Waals surface area contributed by atoms with Crippen LogP contribution in [0.3, 0.4) is 0 Å². The molecule has 0 aliphatic rings. The van der Waals surface area contributed by atoms with E-state index in [1.54, 1.807) is 44.4 Å². The lowest BCUT2D eigenvalue weighted by Gasteiger charge is -2.24. The highest BCUT2D eigenvalue weighted by atomic mass is 35.5. The van der Waals surface area contributed by atoms with Gasteiger partial charge in [0.2, 0.25) is 15.9 Å². The number of nitrogens with one attached hydrogen (secondary N) is 1. The molecule has 2 aromatic carbocycles. The number of hydrogen-bond acceptors (Lipinski definition) is 5. The van der Waals surface area contributed by atoms with E-state index in [0.29, 0.717) is 27.8 Å². The Bertz CT molecular complexity index is 994. The maximum Gasteiger partial charge on any atom is 0.241 e. The van der Waals surface area contributed by atoms with E-state index in [9.17, 15) is 13.2 Å². The second-order valence-corrected chi connectivity index (χ2v) is 8.91. The van der Waals surface area contributed by atoms with Gasteiger partial charge in [0, 0.05) is 10.6 Å². The van der Waals surface area contributed by atoms with Crippen molar-refractivity contribution in [2.75, 3.05) is 31.3 Å². The van der Waals surface area contributed by atoms with Crippen molar-refractivity contribution < 1.29 is 22.7 Å². The second-order valence-electron chi connectivity index (χ2n) is 6.60. The van der Waals surface area contributed by atoms with Crippen molar-refractivity contribution in [3.63, 3.8) is 0 Å². The molecule has 2 aromatic rings. The van der Waals surface area contributed by atoms with Crippen LogP contribution in [0, 0.1) is 6.92 Å². The third-order valence-electron chi connectivity index (χ3n) is 4.41. The minimum Gasteiger partial charge on any atom is -0.497 e. The number of carbonyl (C=O) groups excluding carboxylic acids is 1. The number of halogens is 1. The van der Waals surface area contributed by atoms with Crippen LogP contribution in [0.2, 0.25) is 5.02 Å². The molecule has 1 atom stereocenters. The molecule has 29 heavy (non-hydrogen) atoms. The first-order valence-corrected chi connectivity index (χ1v) is 11.0. The molecular formula is C20H25ClN2O5S. The van der Waals surface area contributed by atoms with Crippen LogP contribution in [-0.2, 0) is 14.8 Å². The van der Waals surface area contributed by atoms with Gasteiger partial charge in [0.25, 0.3) is 0 Å². The molecule has 0 aromatic heterocycles. The van der Waals surface area contributed by atoms with E-state index in [1.807, 2.05) is 6.92 Å². The highest BCUT2D eigenvalue weighted by Gasteiger charge is 2.23. The van der Waals surface area contributed by atoms with E-state index in [1.165, 1.54) is 13.2 Å². The molecular weight excluding hydrogens is 416 g/mol. The fourth-order valence-corrected chi connectivity index (χ4v) is 3.83. The van der Waals surface area contributed by atoms with Crippen LogP contribution < -0.4 is 19.1 Å². The lowest BCUT2D eigenvalue weighted by Crippen LogP contribution is -2.41. The van der Waals surface area contributed by atoms with Gasteiger partial charge in [0.1, 0.15) is 18.0 Å². The average Bonchev–Trinajstić information content (AvgIpc) is 2.66. The summed E-state index contributed by atoms with van der Waals surface area (Å²) in [7, 11) is -0.616. The van der Waals surface area contributed by atoms with Gasteiger partial charge in [-0.25, -0.2) is 8.42 Å². The Balaban J connectivity index is 2.23. The molecule has 9 heteroatoms. The van der Waals surface area contributed by atoms with Gasteiger partial charge in [-0.15, -0.1) is 0 Å². The van der Waals surface area contributed by atoms with E-state index in [4.69, 9.17) is 21.1 Å². The quantitative estimate of drug-likeness (QED) is 0.680. The molecule has 7 nitrogen and oxygen atoms in total. The minimum atomic E-state index is -3.70. The van der Waals surface area contributed by atoms with Crippen LogP contribution in [0.1, 0.15) is 24.1 Å². The third-order valence-corrected chi connectivity index (χ3v) is 5.96. The maximum absolute atomic E-state index is 12.6. The van der Waals surface area contributed by atoms with Crippen molar-refractivity contribution in [1.82, 2.24) is 5.32 Å². The number of nitrogens with zero attached hydrogens (tertiary/aromatic N) is 1. The molecule has 0 heterocycles. The summed E-state index contributed by atoms with van der Waals surface area (Å²) in [6, 6.07) is 9.67. The standard InChI is InChI=1S/C20H25ClN2O5S/c1-13-6-7-15(10-18(13)21)23(29(5,25)26)12-20(24)22-14(2)17-11-16(27-3)8-9-19(17)28-4/h6-11,14H,12H2,1-5H3,(H,22,24)/t14-/m1/s1. The Hall–Kier alpha value is -2.45. The van der Waals surface area contributed by atoms with E-state index < -0.39 is 22.0 Å². The van der Waals surface area contributed by atoms with Crippen molar-refractivity contribution >= 4 is 33.2 Å². The van der Waals surface area contributed by atoms with Gasteiger partial charge in [-0.1, -0.05) is 17.7 Å². The summed E-state index contributed by atoms with van der Waals surface area (Å²) in [6.07, 6.45) is 1.04. The largest absolute Gasteiger partial charge is 0.497 e. The van der Waals surface area contributed by atoms with Crippen LogP contribution in [-0.4, -0.2) is 41.3 Å². The molecule has 0 unspecified atom stereocenters. The predicted octanol–water partition coefficient (Wildman–Crippen LogP) is 3.31. The summed E-state index contributed by atoms with van der Waals surface area (Å²) in [5.74, 6) is 0.738. The topological polar surface area (TPSA) is 84.9 Å². The summed E-state index contributed by atoms with van der Waals surface area (Å²) in [5, 5.41) is 3.23. The van der Waals surface area contributed by atoms with Crippen LogP contribution in [0.15, 0.2) is 36.4 Å². The van der Waals surface area contributed by atoms with Gasteiger partial charge < -0.3 is 14.8 Å². The van der Waals surface area contributed by atoms with Crippen molar-refractivity contribution in [2.45, 2.75) is 19.9 Å². The fourth-order valence-electron chi connectivity index (χ4n) is 2.81. The zero-order valence-electron chi connectivity index (χ0n) is 17.0. The Morgan fingerprint density at radius 2 is 1.86 bits per heavy atom. The summed E-state index contributed by atoms with van der Waals surface area (Å²) in [6.45, 7) is 3.21. The Morgan fingerprint density at radius 1 is 1.17 bits per heavy atom. The molecule has 0 aliphatic heterocycles. The number of amides is 1. The van der Waals surface area contributed by atoms with Gasteiger partial charge >= 0.3 is 0 Å². The summed E-state index contributed by atoms with van der Waals surface area (Å²) in [5.41, 5.74) is 1.85. The van der Waals surface area contributed by atoms with E-state index in [-0.39, 0.29) is 6.54 Å². The van der Waals surface area contributed by atoms with E-state index in [2.05, 4.69) is 5.32 Å². The molecule has 0 bridgehead atoms. The number of benzene rings is 2. The molecule has 0 saturated carbocycles. The van der Waals surface area contributed by atoms with Gasteiger partial charge in [0.15, 0.2) is 0 Å². The Morgan fingerprint density at radius 3 is 2.41 bits per heavy atom. The number of rotatable bonds is 8. The predicted molar refractivity (Wildman–Crippen MR) is 114 cm³/mol. The molecule has 158 valence electrons. The van der Waals surface area contributed by atoms with Crippen LogP contribution >= 0.6 is 11.6 Å². The highest BCUT2D eigenvalue weighted by molar-refractivity contribution is 7.92. The molecule has 1 N–H and O–H groups in total. The number of hydrogen-bond donors (Lipinski definition) is 1. The molecule has 0 radical (unpaired) electrons. The fraction of sp³-hybridized carbons (Fsp3) is 0.350. The lowest BCUT2D eigenvalue weighted by atomic mass is 10.1. The number of methoxy groups -OCH3 is 2. The lowest BCUT2D eigenvalue weighted by molar-refractivity contribution is -0.120. The summed E-state index contributed by atoms with van der Waals surface area (Å²) in [4.78, 5) is 12.6. The van der Waals surface area contributed by atoms with Gasteiger partial charge in [-0.2, -0.15) is 0 Å². The third kappa shape index (κ3) is 5.77. The smallest absolute Gasteiger partial charge is 0.241 e.